The van der Waals surface area contributed by atoms with E-state index in [1.165, 1.54) is 24.8 Å². The average molecular weight is 342 g/mol. The van der Waals surface area contributed by atoms with E-state index in [0.717, 1.165) is 18.5 Å². The number of hydrogen-bond acceptors (Lipinski definition) is 5. The zero-order chi connectivity index (χ0) is 17.6. The van der Waals surface area contributed by atoms with Gasteiger partial charge in [0.05, 0.1) is 6.61 Å². The van der Waals surface area contributed by atoms with Gasteiger partial charge in [-0.25, -0.2) is 4.79 Å². The second-order valence-corrected chi connectivity index (χ2v) is 6.51. The topological polar surface area (TPSA) is 60.2 Å². The van der Waals surface area contributed by atoms with Crippen molar-refractivity contribution in [3.63, 3.8) is 0 Å². The molecule has 6 heteroatoms. The monoisotopic (exact) mass is 342 g/mol. The summed E-state index contributed by atoms with van der Waals surface area (Å²) >= 11 is 0. The molecule has 134 valence electrons. The SMILES string of the molecule is CCOC(=O)c1nn(C)cc1CN1CCCCCC1c1ccncc1. The van der Waals surface area contributed by atoms with Crippen molar-refractivity contribution >= 4 is 5.97 Å². The van der Waals surface area contributed by atoms with Crippen LogP contribution in [0.4, 0.5) is 0 Å². The standard InChI is InChI=1S/C19H26N4O2/c1-3-25-19(24)18-16(13-22(2)21-18)14-23-12-6-4-5-7-17(23)15-8-10-20-11-9-15/h8-11,13,17H,3-7,12,14H2,1-2H3. The number of esters is 1. The van der Waals surface area contributed by atoms with Crippen molar-refractivity contribution in [2.24, 2.45) is 7.05 Å². The normalized spacial score (nSPS) is 18.7. The maximum absolute atomic E-state index is 12.2. The lowest BCUT2D eigenvalue weighted by Crippen LogP contribution is -2.28. The quantitative estimate of drug-likeness (QED) is 0.782. The van der Waals surface area contributed by atoms with Crippen molar-refractivity contribution in [2.75, 3.05) is 13.2 Å². The second kappa shape index (κ2) is 8.25. The Bertz CT molecular complexity index is 699. The number of rotatable bonds is 5. The van der Waals surface area contributed by atoms with E-state index in [2.05, 4.69) is 27.1 Å². The number of hydrogen-bond donors (Lipinski definition) is 0. The van der Waals surface area contributed by atoms with Gasteiger partial charge in [-0.2, -0.15) is 5.10 Å². The lowest BCUT2D eigenvalue weighted by Gasteiger charge is -2.30. The second-order valence-electron chi connectivity index (χ2n) is 6.51. The third kappa shape index (κ3) is 4.25. The zero-order valence-electron chi connectivity index (χ0n) is 15.0. The molecule has 6 nitrogen and oxygen atoms in total. The van der Waals surface area contributed by atoms with Gasteiger partial charge in [0.2, 0.25) is 0 Å². The highest BCUT2D eigenvalue weighted by Gasteiger charge is 2.26. The van der Waals surface area contributed by atoms with Crippen LogP contribution in [-0.4, -0.2) is 38.8 Å². The molecule has 1 aliphatic rings. The molecular weight excluding hydrogens is 316 g/mol. The summed E-state index contributed by atoms with van der Waals surface area (Å²) in [4.78, 5) is 18.8. The lowest BCUT2D eigenvalue weighted by atomic mass is 10.0. The van der Waals surface area contributed by atoms with Gasteiger partial charge in [-0.3, -0.25) is 14.6 Å². The van der Waals surface area contributed by atoms with Gasteiger partial charge in [0.1, 0.15) is 0 Å². The van der Waals surface area contributed by atoms with Crippen molar-refractivity contribution in [3.05, 3.63) is 47.5 Å². The highest BCUT2D eigenvalue weighted by atomic mass is 16.5. The first-order valence-corrected chi connectivity index (χ1v) is 9.02. The van der Waals surface area contributed by atoms with Crippen LogP contribution in [0.15, 0.2) is 30.7 Å². The summed E-state index contributed by atoms with van der Waals surface area (Å²) in [7, 11) is 1.84. The molecule has 2 aromatic rings. The van der Waals surface area contributed by atoms with Crippen molar-refractivity contribution in [1.82, 2.24) is 19.7 Å². The molecule has 1 unspecified atom stereocenters. The Labute approximate surface area is 148 Å². The molecule has 1 fully saturated rings. The van der Waals surface area contributed by atoms with Crippen LogP contribution in [0, 0.1) is 0 Å². The molecule has 0 N–H and O–H groups in total. The predicted molar refractivity (Wildman–Crippen MR) is 95.0 cm³/mol. The molecule has 1 aliphatic heterocycles. The Morgan fingerprint density at radius 3 is 2.84 bits per heavy atom. The summed E-state index contributed by atoms with van der Waals surface area (Å²) in [6.07, 6.45) is 10.4. The van der Waals surface area contributed by atoms with E-state index in [4.69, 9.17) is 4.74 Å². The van der Waals surface area contributed by atoms with Crippen molar-refractivity contribution in [1.29, 1.82) is 0 Å². The molecule has 0 spiro atoms. The van der Waals surface area contributed by atoms with Gasteiger partial charge in [0.25, 0.3) is 0 Å². The Balaban J connectivity index is 1.85. The van der Waals surface area contributed by atoms with Crippen LogP contribution in [0.25, 0.3) is 0 Å². The van der Waals surface area contributed by atoms with E-state index in [0.29, 0.717) is 24.9 Å². The first-order chi connectivity index (χ1) is 12.2. The van der Waals surface area contributed by atoms with E-state index in [1.54, 1.807) is 4.68 Å². The molecule has 0 aliphatic carbocycles. The van der Waals surface area contributed by atoms with Gasteiger partial charge >= 0.3 is 5.97 Å². The number of carbonyl (C=O) groups is 1. The van der Waals surface area contributed by atoms with Gasteiger partial charge in [-0.15, -0.1) is 0 Å². The summed E-state index contributed by atoms with van der Waals surface area (Å²) in [6.45, 7) is 3.89. The molecule has 1 atom stereocenters. The molecule has 0 aromatic carbocycles. The molecular formula is C19H26N4O2. The number of carbonyl (C=O) groups excluding carboxylic acids is 1. The average Bonchev–Trinajstić information content (AvgIpc) is 2.83. The molecule has 1 saturated heterocycles. The van der Waals surface area contributed by atoms with Crippen LogP contribution in [-0.2, 0) is 18.3 Å². The first-order valence-electron chi connectivity index (χ1n) is 9.02. The van der Waals surface area contributed by atoms with Crippen molar-refractivity contribution < 1.29 is 9.53 Å². The molecule has 3 heterocycles. The smallest absolute Gasteiger partial charge is 0.359 e. The summed E-state index contributed by atoms with van der Waals surface area (Å²) < 4.78 is 6.86. The fraction of sp³-hybridized carbons (Fsp3) is 0.526. The third-order valence-electron chi connectivity index (χ3n) is 4.70. The van der Waals surface area contributed by atoms with Crippen LogP contribution < -0.4 is 0 Å². The van der Waals surface area contributed by atoms with Crippen LogP contribution in [0.3, 0.4) is 0 Å². The summed E-state index contributed by atoms with van der Waals surface area (Å²) in [5, 5.41) is 4.32. The summed E-state index contributed by atoms with van der Waals surface area (Å²) in [6, 6.07) is 4.54. The van der Waals surface area contributed by atoms with Gasteiger partial charge in [0.15, 0.2) is 5.69 Å². The van der Waals surface area contributed by atoms with Gasteiger partial charge in [-0.1, -0.05) is 12.8 Å². The summed E-state index contributed by atoms with van der Waals surface area (Å²) in [5.41, 5.74) is 2.66. The Kier molecular flexibility index (Phi) is 5.81. The minimum absolute atomic E-state index is 0.339. The van der Waals surface area contributed by atoms with Crippen LogP contribution in [0.1, 0.15) is 60.3 Å². The lowest BCUT2D eigenvalue weighted by molar-refractivity contribution is 0.0515. The molecule has 0 saturated carbocycles. The highest BCUT2D eigenvalue weighted by Crippen LogP contribution is 2.31. The fourth-order valence-electron chi connectivity index (χ4n) is 3.56. The Morgan fingerprint density at radius 2 is 2.08 bits per heavy atom. The van der Waals surface area contributed by atoms with E-state index in [-0.39, 0.29) is 5.97 Å². The van der Waals surface area contributed by atoms with E-state index in [9.17, 15) is 4.79 Å². The van der Waals surface area contributed by atoms with E-state index < -0.39 is 0 Å². The molecule has 2 aromatic heterocycles. The first kappa shape index (κ1) is 17.6. The number of aryl methyl sites for hydroxylation is 1. The molecule has 0 amide bonds. The number of likely N-dealkylation sites (tertiary alicyclic amines) is 1. The number of aromatic nitrogens is 3. The number of ether oxygens (including phenoxy) is 1. The molecule has 3 rings (SSSR count). The third-order valence-corrected chi connectivity index (χ3v) is 4.70. The van der Waals surface area contributed by atoms with E-state index in [1.807, 2.05) is 32.6 Å². The van der Waals surface area contributed by atoms with Crippen molar-refractivity contribution in [2.45, 2.75) is 45.2 Å². The van der Waals surface area contributed by atoms with E-state index >= 15 is 0 Å². The van der Waals surface area contributed by atoms with Gasteiger partial charge in [0, 0.05) is 43.8 Å². The van der Waals surface area contributed by atoms with Crippen LogP contribution in [0.5, 0.6) is 0 Å². The maximum atomic E-state index is 12.2. The highest BCUT2D eigenvalue weighted by molar-refractivity contribution is 5.88. The largest absolute Gasteiger partial charge is 0.461 e. The molecule has 0 bridgehead atoms. The fourth-order valence-corrected chi connectivity index (χ4v) is 3.56. The minimum atomic E-state index is -0.339. The van der Waals surface area contributed by atoms with Gasteiger partial charge < -0.3 is 4.74 Å². The minimum Gasteiger partial charge on any atom is -0.461 e. The van der Waals surface area contributed by atoms with Crippen molar-refractivity contribution in [3.8, 4) is 0 Å². The number of pyridine rings is 1. The predicted octanol–water partition coefficient (Wildman–Crippen LogP) is 3.11. The van der Waals surface area contributed by atoms with Crippen LogP contribution in [0.2, 0.25) is 0 Å². The summed E-state index contributed by atoms with van der Waals surface area (Å²) in [5.74, 6) is -0.339. The molecule has 25 heavy (non-hydrogen) atoms. The molecule has 0 radical (unpaired) electrons. The Morgan fingerprint density at radius 1 is 1.28 bits per heavy atom. The Hall–Kier alpha value is -2.21. The number of nitrogens with zero attached hydrogens (tertiary/aromatic N) is 4. The van der Waals surface area contributed by atoms with Gasteiger partial charge in [-0.05, 0) is 44.0 Å². The van der Waals surface area contributed by atoms with Crippen LogP contribution >= 0.6 is 0 Å². The zero-order valence-corrected chi connectivity index (χ0v) is 15.0. The maximum Gasteiger partial charge on any atom is 0.359 e.